The number of benzene rings is 6. The fourth-order valence-corrected chi connectivity index (χ4v) is 6.32. The standard InChI is InChI=1S/C39H23N3O/c1-3-13-24(14-4-1)36-29-23-30(37-27-18-8-11-21-32(27)41-39(42-37)25-15-5-2-6-16-25)38-35(28-19-9-12-22-33(28)43-38)34(29)26-17-7-10-20-31(26)40-36/h1-23H. The van der Waals surface area contributed by atoms with Gasteiger partial charge in [0.25, 0.3) is 0 Å². The summed E-state index contributed by atoms with van der Waals surface area (Å²) < 4.78 is 6.75. The van der Waals surface area contributed by atoms with Crippen LogP contribution in [0.4, 0.5) is 0 Å². The summed E-state index contributed by atoms with van der Waals surface area (Å²) in [6, 6.07) is 47.7. The van der Waals surface area contributed by atoms with E-state index < -0.39 is 0 Å². The first-order chi connectivity index (χ1) is 21.3. The van der Waals surface area contributed by atoms with Gasteiger partial charge < -0.3 is 4.42 Å². The summed E-state index contributed by atoms with van der Waals surface area (Å²) >= 11 is 0. The van der Waals surface area contributed by atoms with Gasteiger partial charge >= 0.3 is 0 Å². The van der Waals surface area contributed by atoms with Crippen LogP contribution in [0.2, 0.25) is 0 Å². The Balaban J connectivity index is 1.52. The fraction of sp³-hybridized carbons (Fsp3) is 0. The molecule has 0 fully saturated rings. The molecule has 3 aromatic heterocycles. The molecule has 0 aliphatic heterocycles. The molecule has 4 heteroatoms. The van der Waals surface area contributed by atoms with Crippen LogP contribution in [0.3, 0.4) is 0 Å². The molecular formula is C39H23N3O. The number of furan rings is 1. The van der Waals surface area contributed by atoms with Gasteiger partial charge in [-0.25, -0.2) is 15.0 Å². The van der Waals surface area contributed by atoms with E-state index in [-0.39, 0.29) is 0 Å². The Morgan fingerprint density at radius 2 is 1.02 bits per heavy atom. The lowest BCUT2D eigenvalue weighted by atomic mass is 9.92. The summed E-state index contributed by atoms with van der Waals surface area (Å²) in [5.41, 5.74) is 8.21. The van der Waals surface area contributed by atoms with Gasteiger partial charge in [0.1, 0.15) is 11.2 Å². The third kappa shape index (κ3) is 3.67. The maximum absolute atomic E-state index is 6.75. The van der Waals surface area contributed by atoms with E-state index in [9.17, 15) is 0 Å². The Morgan fingerprint density at radius 3 is 1.79 bits per heavy atom. The van der Waals surface area contributed by atoms with E-state index in [2.05, 4.69) is 78.9 Å². The zero-order chi connectivity index (χ0) is 28.3. The SMILES string of the molecule is c1ccc(-c2nc(-c3cc4c(-c5ccccc5)nc5ccccc5c4c4c3oc3ccccc34)c3ccccc3n2)cc1. The van der Waals surface area contributed by atoms with E-state index in [1.165, 1.54) is 0 Å². The van der Waals surface area contributed by atoms with Crippen molar-refractivity contribution < 1.29 is 4.42 Å². The average molecular weight is 550 g/mol. The van der Waals surface area contributed by atoms with Crippen molar-refractivity contribution in [2.45, 2.75) is 0 Å². The minimum Gasteiger partial charge on any atom is -0.455 e. The van der Waals surface area contributed by atoms with Gasteiger partial charge in [-0.15, -0.1) is 0 Å². The number of aromatic nitrogens is 3. The summed E-state index contributed by atoms with van der Waals surface area (Å²) in [7, 11) is 0. The molecule has 0 aliphatic carbocycles. The summed E-state index contributed by atoms with van der Waals surface area (Å²) in [5, 5.41) is 6.40. The van der Waals surface area contributed by atoms with Crippen molar-refractivity contribution in [3.05, 3.63) is 140 Å². The predicted octanol–water partition coefficient (Wildman–Crippen LogP) is 10.2. The smallest absolute Gasteiger partial charge is 0.160 e. The highest BCUT2D eigenvalue weighted by Crippen LogP contribution is 2.46. The molecule has 0 radical (unpaired) electrons. The summed E-state index contributed by atoms with van der Waals surface area (Å²) in [6.07, 6.45) is 0. The van der Waals surface area contributed by atoms with Crippen LogP contribution in [0.5, 0.6) is 0 Å². The molecule has 43 heavy (non-hydrogen) atoms. The summed E-state index contributed by atoms with van der Waals surface area (Å²) in [5.74, 6) is 0.679. The highest BCUT2D eigenvalue weighted by atomic mass is 16.3. The zero-order valence-corrected chi connectivity index (χ0v) is 23.0. The lowest BCUT2D eigenvalue weighted by molar-refractivity contribution is 0.670. The Bertz CT molecular complexity index is 2500. The van der Waals surface area contributed by atoms with Crippen LogP contribution in [0.1, 0.15) is 0 Å². The minimum absolute atomic E-state index is 0.679. The Hall–Kier alpha value is -5.87. The number of hydrogen-bond acceptors (Lipinski definition) is 4. The van der Waals surface area contributed by atoms with Crippen LogP contribution in [0.25, 0.3) is 88.4 Å². The predicted molar refractivity (Wildman–Crippen MR) is 176 cm³/mol. The molecule has 0 atom stereocenters. The highest BCUT2D eigenvalue weighted by molar-refractivity contribution is 6.31. The van der Waals surface area contributed by atoms with E-state index >= 15 is 0 Å². The quantitative estimate of drug-likeness (QED) is 0.206. The average Bonchev–Trinajstić information content (AvgIpc) is 3.47. The van der Waals surface area contributed by atoms with Gasteiger partial charge in [-0.3, -0.25) is 0 Å². The zero-order valence-electron chi connectivity index (χ0n) is 23.0. The normalized spacial score (nSPS) is 11.7. The van der Waals surface area contributed by atoms with E-state index in [1.807, 2.05) is 60.7 Å². The first-order valence-electron chi connectivity index (χ1n) is 14.4. The molecular weight excluding hydrogens is 526 g/mol. The molecule has 0 bridgehead atoms. The van der Waals surface area contributed by atoms with Crippen LogP contribution in [0, 0.1) is 0 Å². The van der Waals surface area contributed by atoms with Gasteiger partial charge in [0.15, 0.2) is 5.82 Å². The third-order valence-corrected chi connectivity index (χ3v) is 8.25. The Morgan fingerprint density at radius 1 is 0.419 bits per heavy atom. The van der Waals surface area contributed by atoms with Gasteiger partial charge in [-0.1, -0.05) is 115 Å². The van der Waals surface area contributed by atoms with Crippen LogP contribution in [0.15, 0.2) is 144 Å². The molecule has 0 aliphatic rings. The highest BCUT2D eigenvalue weighted by Gasteiger charge is 2.23. The van der Waals surface area contributed by atoms with Crippen LogP contribution in [-0.4, -0.2) is 15.0 Å². The number of rotatable bonds is 3. The van der Waals surface area contributed by atoms with Crippen molar-refractivity contribution in [2.75, 3.05) is 0 Å². The molecule has 0 saturated heterocycles. The van der Waals surface area contributed by atoms with E-state index in [4.69, 9.17) is 19.4 Å². The van der Waals surface area contributed by atoms with Crippen molar-refractivity contribution in [2.24, 2.45) is 0 Å². The summed E-state index contributed by atoms with van der Waals surface area (Å²) in [4.78, 5) is 15.5. The van der Waals surface area contributed by atoms with Gasteiger partial charge in [-0.05, 0) is 24.3 Å². The lowest BCUT2D eigenvalue weighted by Crippen LogP contribution is -1.97. The molecule has 0 unspecified atom stereocenters. The van der Waals surface area contributed by atoms with E-state index in [1.54, 1.807) is 0 Å². The topological polar surface area (TPSA) is 51.8 Å². The van der Waals surface area contributed by atoms with E-state index in [0.29, 0.717) is 5.82 Å². The molecule has 6 aromatic carbocycles. The number of hydrogen-bond donors (Lipinski definition) is 0. The van der Waals surface area contributed by atoms with Crippen LogP contribution < -0.4 is 0 Å². The van der Waals surface area contributed by atoms with Crippen molar-refractivity contribution in [3.8, 4) is 33.9 Å². The van der Waals surface area contributed by atoms with Gasteiger partial charge in [0.05, 0.1) is 22.4 Å². The van der Waals surface area contributed by atoms with Gasteiger partial charge in [-0.2, -0.15) is 0 Å². The van der Waals surface area contributed by atoms with Gasteiger partial charge in [0, 0.05) is 49.0 Å². The molecule has 200 valence electrons. The first kappa shape index (κ1) is 23.8. The molecule has 3 heterocycles. The van der Waals surface area contributed by atoms with Crippen LogP contribution >= 0.6 is 0 Å². The maximum atomic E-state index is 6.75. The fourth-order valence-electron chi connectivity index (χ4n) is 6.32. The first-order valence-corrected chi connectivity index (χ1v) is 14.4. The lowest BCUT2D eigenvalue weighted by Gasteiger charge is -2.15. The number of fused-ring (bicyclic) bond motifs is 8. The molecule has 0 spiro atoms. The van der Waals surface area contributed by atoms with Crippen molar-refractivity contribution in [1.29, 1.82) is 0 Å². The maximum Gasteiger partial charge on any atom is 0.160 e. The Labute approximate surface area is 246 Å². The van der Waals surface area contributed by atoms with Gasteiger partial charge in [0.2, 0.25) is 0 Å². The molecule has 0 amide bonds. The van der Waals surface area contributed by atoms with Crippen molar-refractivity contribution >= 4 is 54.5 Å². The second kappa shape index (κ2) is 9.33. The van der Waals surface area contributed by atoms with Crippen molar-refractivity contribution in [1.82, 2.24) is 15.0 Å². The third-order valence-electron chi connectivity index (χ3n) is 8.25. The van der Waals surface area contributed by atoms with E-state index in [0.717, 1.165) is 82.6 Å². The Kier molecular flexibility index (Phi) is 5.16. The molecule has 0 N–H and O–H groups in total. The number of para-hydroxylation sites is 3. The number of pyridine rings is 1. The minimum atomic E-state index is 0.679. The molecule has 4 nitrogen and oxygen atoms in total. The largest absolute Gasteiger partial charge is 0.455 e. The van der Waals surface area contributed by atoms with Crippen molar-refractivity contribution in [3.63, 3.8) is 0 Å². The second-order valence-electron chi connectivity index (χ2n) is 10.8. The van der Waals surface area contributed by atoms with Crippen LogP contribution in [-0.2, 0) is 0 Å². The molecule has 9 aromatic rings. The summed E-state index contributed by atoms with van der Waals surface area (Å²) in [6.45, 7) is 0. The molecule has 0 saturated carbocycles. The second-order valence-corrected chi connectivity index (χ2v) is 10.8. The molecule has 9 rings (SSSR count). The number of nitrogens with zero attached hydrogens (tertiary/aromatic N) is 3. The monoisotopic (exact) mass is 549 g/mol.